The number of carbonyl (C=O) groups excluding carboxylic acids is 1. The van der Waals surface area contributed by atoms with Gasteiger partial charge in [0.2, 0.25) is 0 Å². The highest BCUT2D eigenvalue weighted by Gasteiger charge is 1.97. The number of unbranched alkanes of at least 4 members (excludes halogenated alkanes) is 1. The maximum atomic E-state index is 10.5. The van der Waals surface area contributed by atoms with E-state index in [2.05, 4.69) is 9.97 Å². The van der Waals surface area contributed by atoms with E-state index in [1.54, 1.807) is 6.20 Å². The number of aldehydes is 1. The predicted molar refractivity (Wildman–Crippen MR) is 67.1 cm³/mol. The Labute approximate surface area is 101 Å². The molecule has 0 radical (unpaired) electrons. The van der Waals surface area contributed by atoms with Crippen LogP contribution in [0.15, 0.2) is 36.7 Å². The van der Waals surface area contributed by atoms with Gasteiger partial charge in [-0.2, -0.15) is 0 Å². The Morgan fingerprint density at radius 1 is 1.12 bits per heavy atom. The SMILES string of the molecule is O=Cc1ccc(CCCCc2ncc[nH]2)cc1. The third kappa shape index (κ3) is 3.55. The summed E-state index contributed by atoms with van der Waals surface area (Å²) < 4.78 is 0. The lowest BCUT2D eigenvalue weighted by Crippen LogP contribution is -1.91. The van der Waals surface area contributed by atoms with Crippen molar-refractivity contribution < 1.29 is 4.79 Å². The van der Waals surface area contributed by atoms with Gasteiger partial charge in [0, 0.05) is 24.4 Å². The van der Waals surface area contributed by atoms with Crippen molar-refractivity contribution in [2.75, 3.05) is 0 Å². The van der Waals surface area contributed by atoms with Crippen molar-refractivity contribution in [3.05, 3.63) is 53.6 Å². The second-order valence-electron chi connectivity index (χ2n) is 4.10. The minimum atomic E-state index is 0.740. The summed E-state index contributed by atoms with van der Waals surface area (Å²) in [6.07, 6.45) is 8.84. The number of H-pyrrole nitrogens is 1. The molecule has 1 aromatic heterocycles. The fourth-order valence-corrected chi connectivity index (χ4v) is 1.82. The first-order chi connectivity index (χ1) is 8.38. The van der Waals surface area contributed by atoms with Crippen LogP contribution in [0.25, 0.3) is 0 Å². The molecule has 0 aliphatic heterocycles. The molecule has 0 aliphatic rings. The molecule has 0 saturated carbocycles. The standard InChI is InChI=1S/C14H16N2O/c17-11-13-7-5-12(6-8-13)3-1-2-4-14-15-9-10-16-14/h5-11H,1-4H2,(H,15,16). The van der Waals surface area contributed by atoms with Crippen LogP contribution in [0.3, 0.4) is 0 Å². The normalized spacial score (nSPS) is 10.4. The summed E-state index contributed by atoms with van der Waals surface area (Å²) in [4.78, 5) is 17.8. The minimum absolute atomic E-state index is 0.740. The fraction of sp³-hybridized carbons (Fsp3) is 0.286. The van der Waals surface area contributed by atoms with Crippen molar-refractivity contribution in [3.8, 4) is 0 Å². The number of nitrogens with one attached hydrogen (secondary N) is 1. The summed E-state index contributed by atoms with van der Waals surface area (Å²) in [5.41, 5.74) is 2.03. The molecule has 2 aromatic rings. The highest BCUT2D eigenvalue weighted by atomic mass is 16.1. The van der Waals surface area contributed by atoms with E-state index in [4.69, 9.17) is 0 Å². The molecule has 88 valence electrons. The van der Waals surface area contributed by atoms with Gasteiger partial charge in [0.05, 0.1) is 0 Å². The van der Waals surface area contributed by atoms with Crippen LogP contribution >= 0.6 is 0 Å². The van der Waals surface area contributed by atoms with Crippen molar-refractivity contribution in [1.29, 1.82) is 0 Å². The van der Waals surface area contributed by atoms with E-state index in [9.17, 15) is 4.79 Å². The van der Waals surface area contributed by atoms with Gasteiger partial charge < -0.3 is 4.98 Å². The topological polar surface area (TPSA) is 45.8 Å². The lowest BCUT2D eigenvalue weighted by molar-refractivity contribution is 0.112. The Hall–Kier alpha value is -1.90. The summed E-state index contributed by atoms with van der Waals surface area (Å²) in [6, 6.07) is 7.79. The largest absolute Gasteiger partial charge is 0.349 e. The van der Waals surface area contributed by atoms with E-state index >= 15 is 0 Å². The van der Waals surface area contributed by atoms with Gasteiger partial charge in [0.1, 0.15) is 12.1 Å². The van der Waals surface area contributed by atoms with Gasteiger partial charge in [0.25, 0.3) is 0 Å². The monoisotopic (exact) mass is 228 g/mol. The first-order valence-electron chi connectivity index (χ1n) is 5.91. The third-order valence-electron chi connectivity index (χ3n) is 2.80. The molecule has 3 nitrogen and oxygen atoms in total. The van der Waals surface area contributed by atoms with E-state index < -0.39 is 0 Å². The van der Waals surface area contributed by atoms with Crippen molar-refractivity contribution in [1.82, 2.24) is 9.97 Å². The molecular weight excluding hydrogens is 212 g/mol. The zero-order valence-electron chi connectivity index (χ0n) is 9.73. The maximum Gasteiger partial charge on any atom is 0.150 e. The molecular formula is C14H16N2O. The smallest absolute Gasteiger partial charge is 0.150 e. The quantitative estimate of drug-likeness (QED) is 0.610. The highest BCUT2D eigenvalue weighted by molar-refractivity contribution is 5.74. The molecule has 0 atom stereocenters. The van der Waals surface area contributed by atoms with E-state index in [0.29, 0.717) is 0 Å². The average Bonchev–Trinajstić information content (AvgIpc) is 2.88. The number of carbonyl (C=O) groups is 1. The molecule has 1 heterocycles. The molecule has 0 unspecified atom stereocenters. The number of aromatic amines is 1. The Kier molecular flexibility index (Phi) is 4.08. The number of benzene rings is 1. The Bertz CT molecular complexity index is 446. The number of imidazole rings is 1. The van der Waals surface area contributed by atoms with E-state index in [1.165, 1.54) is 5.56 Å². The lowest BCUT2D eigenvalue weighted by Gasteiger charge is -2.01. The van der Waals surface area contributed by atoms with Crippen LogP contribution in [0.1, 0.15) is 34.6 Å². The number of nitrogens with zero attached hydrogens (tertiary/aromatic N) is 1. The Morgan fingerprint density at radius 3 is 2.53 bits per heavy atom. The summed E-state index contributed by atoms with van der Waals surface area (Å²) in [7, 11) is 0. The summed E-state index contributed by atoms with van der Waals surface area (Å²) >= 11 is 0. The van der Waals surface area contributed by atoms with Crippen LogP contribution in [-0.4, -0.2) is 16.3 Å². The summed E-state index contributed by atoms with van der Waals surface area (Å²) in [5.74, 6) is 1.06. The van der Waals surface area contributed by atoms with Crippen molar-refractivity contribution in [2.24, 2.45) is 0 Å². The van der Waals surface area contributed by atoms with Crippen LogP contribution in [0, 0.1) is 0 Å². The summed E-state index contributed by atoms with van der Waals surface area (Å²) in [5, 5.41) is 0. The van der Waals surface area contributed by atoms with Gasteiger partial charge in [-0.05, 0) is 24.8 Å². The second kappa shape index (κ2) is 5.99. The molecule has 0 spiro atoms. The van der Waals surface area contributed by atoms with Crippen LogP contribution in [-0.2, 0) is 12.8 Å². The third-order valence-corrected chi connectivity index (χ3v) is 2.80. The van der Waals surface area contributed by atoms with Gasteiger partial charge in [-0.1, -0.05) is 24.3 Å². The molecule has 0 fully saturated rings. The van der Waals surface area contributed by atoms with Gasteiger partial charge in [-0.25, -0.2) is 4.98 Å². The molecule has 0 bridgehead atoms. The Balaban J connectivity index is 1.72. The summed E-state index contributed by atoms with van der Waals surface area (Å²) in [6.45, 7) is 0. The van der Waals surface area contributed by atoms with Crippen molar-refractivity contribution in [3.63, 3.8) is 0 Å². The number of hydrogen-bond donors (Lipinski definition) is 1. The fourth-order valence-electron chi connectivity index (χ4n) is 1.82. The van der Waals surface area contributed by atoms with Crippen LogP contribution < -0.4 is 0 Å². The predicted octanol–water partition coefficient (Wildman–Crippen LogP) is 2.79. The van der Waals surface area contributed by atoms with Crippen LogP contribution in [0.4, 0.5) is 0 Å². The van der Waals surface area contributed by atoms with Gasteiger partial charge >= 0.3 is 0 Å². The van der Waals surface area contributed by atoms with Crippen LogP contribution in [0.2, 0.25) is 0 Å². The highest BCUT2D eigenvalue weighted by Crippen LogP contribution is 2.08. The maximum absolute atomic E-state index is 10.5. The molecule has 1 aromatic carbocycles. The number of aromatic nitrogens is 2. The first kappa shape index (κ1) is 11.6. The van der Waals surface area contributed by atoms with Gasteiger partial charge in [-0.15, -0.1) is 0 Å². The number of hydrogen-bond acceptors (Lipinski definition) is 2. The Morgan fingerprint density at radius 2 is 1.88 bits per heavy atom. The zero-order valence-corrected chi connectivity index (χ0v) is 9.73. The van der Waals surface area contributed by atoms with Gasteiger partial charge in [0.15, 0.2) is 0 Å². The van der Waals surface area contributed by atoms with E-state index in [0.717, 1.165) is 43.4 Å². The molecule has 3 heteroatoms. The number of aryl methyl sites for hydroxylation is 2. The molecule has 17 heavy (non-hydrogen) atoms. The molecule has 0 amide bonds. The van der Waals surface area contributed by atoms with Crippen molar-refractivity contribution >= 4 is 6.29 Å². The van der Waals surface area contributed by atoms with Crippen LogP contribution in [0.5, 0.6) is 0 Å². The molecule has 1 N–H and O–H groups in total. The molecule has 2 rings (SSSR count). The van der Waals surface area contributed by atoms with E-state index in [1.807, 2.05) is 30.5 Å². The zero-order chi connectivity index (χ0) is 11.9. The van der Waals surface area contributed by atoms with E-state index in [-0.39, 0.29) is 0 Å². The first-order valence-corrected chi connectivity index (χ1v) is 5.91. The molecule has 0 aliphatic carbocycles. The lowest BCUT2D eigenvalue weighted by atomic mass is 10.1. The number of rotatable bonds is 6. The average molecular weight is 228 g/mol. The second-order valence-corrected chi connectivity index (χ2v) is 4.10. The minimum Gasteiger partial charge on any atom is -0.349 e. The van der Waals surface area contributed by atoms with Crippen molar-refractivity contribution in [2.45, 2.75) is 25.7 Å². The van der Waals surface area contributed by atoms with Gasteiger partial charge in [-0.3, -0.25) is 4.79 Å². The molecule has 0 saturated heterocycles.